The molecule has 4 nitrogen and oxygen atoms in total. The number of aliphatic hydroxyl groups is 1. The van der Waals surface area contributed by atoms with Gasteiger partial charge in [0.05, 0.1) is 13.2 Å². The lowest BCUT2D eigenvalue weighted by molar-refractivity contribution is -0.147. The number of pyridine rings is 1. The van der Waals surface area contributed by atoms with Gasteiger partial charge in [0.25, 0.3) is 0 Å². The Bertz CT molecular complexity index is 357. The molecule has 0 aliphatic heterocycles. The molecule has 96 valence electrons. The number of anilines is 1. The quantitative estimate of drug-likeness (QED) is 0.818. The molecular formula is C10H14F3N3O. The van der Waals surface area contributed by atoms with Crippen LogP contribution in [0, 0.1) is 0 Å². The molecule has 0 aromatic carbocycles. The average Bonchev–Trinajstić information content (AvgIpc) is 2.15. The topological polar surface area (TPSA) is 62.4 Å². The molecule has 0 amide bonds. The van der Waals surface area contributed by atoms with Gasteiger partial charge < -0.3 is 10.8 Å². The molecule has 0 spiro atoms. The van der Waals surface area contributed by atoms with E-state index in [-0.39, 0.29) is 25.5 Å². The molecule has 0 atom stereocenters. The molecule has 0 unspecified atom stereocenters. The zero-order chi connectivity index (χ0) is 12.9. The molecule has 7 heteroatoms. The van der Waals surface area contributed by atoms with Crippen molar-refractivity contribution < 1.29 is 18.3 Å². The second-order valence-corrected chi connectivity index (χ2v) is 3.64. The minimum Gasteiger partial charge on any atom is -0.395 e. The number of aromatic nitrogens is 1. The van der Waals surface area contributed by atoms with Crippen molar-refractivity contribution in [1.29, 1.82) is 0 Å². The Labute approximate surface area is 96.9 Å². The number of alkyl halides is 3. The highest BCUT2D eigenvalue weighted by molar-refractivity contribution is 5.31. The molecule has 0 bridgehead atoms. The highest BCUT2D eigenvalue weighted by atomic mass is 19.4. The first-order chi connectivity index (χ1) is 7.90. The van der Waals surface area contributed by atoms with E-state index >= 15 is 0 Å². The van der Waals surface area contributed by atoms with E-state index in [1.54, 1.807) is 6.07 Å². The molecule has 0 aliphatic rings. The van der Waals surface area contributed by atoms with Crippen molar-refractivity contribution in [2.75, 3.05) is 25.4 Å². The van der Waals surface area contributed by atoms with Gasteiger partial charge >= 0.3 is 6.18 Å². The van der Waals surface area contributed by atoms with Crippen molar-refractivity contribution in [3.8, 4) is 0 Å². The molecule has 0 saturated heterocycles. The maximum absolute atomic E-state index is 12.3. The van der Waals surface area contributed by atoms with Crippen molar-refractivity contribution in [2.45, 2.75) is 12.7 Å². The number of nitrogens with zero attached hydrogens (tertiary/aromatic N) is 2. The average molecular weight is 249 g/mol. The minimum atomic E-state index is -4.28. The zero-order valence-corrected chi connectivity index (χ0v) is 9.11. The summed E-state index contributed by atoms with van der Waals surface area (Å²) in [5, 5.41) is 8.72. The number of nitrogen functional groups attached to an aromatic ring is 1. The standard InChI is InChI=1S/C10H14F3N3O/c11-10(12,13)7-16(3-4-17)6-8-1-2-15-9(14)5-8/h1-2,5,17H,3-4,6-7H2,(H2,14,15). The van der Waals surface area contributed by atoms with Gasteiger partial charge in [-0.2, -0.15) is 13.2 Å². The summed E-state index contributed by atoms with van der Waals surface area (Å²) in [6, 6.07) is 3.11. The fourth-order valence-corrected chi connectivity index (χ4v) is 1.46. The summed E-state index contributed by atoms with van der Waals surface area (Å²) in [6.07, 6.45) is -2.84. The number of halogens is 3. The molecule has 1 heterocycles. The molecular weight excluding hydrogens is 235 g/mol. The Balaban J connectivity index is 2.66. The monoisotopic (exact) mass is 249 g/mol. The van der Waals surface area contributed by atoms with Crippen LogP contribution in [0.25, 0.3) is 0 Å². The van der Waals surface area contributed by atoms with Crippen LogP contribution in [0.2, 0.25) is 0 Å². The summed E-state index contributed by atoms with van der Waals surface area (Å²) in [6.45, 7) is -1.35. The molecule has 0 radical (unpaired) electrons. The van der Waals surface area contributed by atoms with E-state index in [0.29, 0.717) is 5.56 Å². The lowest BCUT2D eigenvalue weighted by Gasteiger charge is -2.22. The first kappa shape index (κ1) is 13.7. The van der Waals surface area contributed by atoms with E-state index in [4.69, 9.17) is 10.8 Å². The van der Waals surface area contributed by atoms with E-state index in [1.807, 2.05) is 0 Å². The van der Waals surface area contributed by atoms with E-state index in [0.717, 1.165) is 4.90 Å². The van der Waals surface area contributed by atoms with Crippen molar-refractivity contribution >= 4 is 5.82 Å². The van der Waals surface area contributed by atoms with Crippen LogP contribution >= 0.6 is 0 Å². The number of nitrogens with two attached hydrogens (primary N) is 1. The van der Waals surface area contributed by atoms with Crippen molar-refractivity contribution in [3.63, 3.8) is 0 Å². The Morgan fingerprint density at radius 2 is 2.12 bits per heavy atom. The normalized spacial score (nSPS) is 12.1. The van der Waals surface area contributed by atoms with E-state index in [9.17, 15) is 13.2 Å². The van der Waals surface area contributed by atoms with Crippen molar-refractivity contribution in [1.82, 2.24) is 9.88 Å². The van der Waals surface area contributed by atoms with Crippen LogP contribution in [0.1, 0.15) is 5.56 Å². The molecule has 0 fully saturated rings. The second kappa shape index (κ2) is 5.83. The highest BCUT2D eigenvalue weighted by Crippen LogP contribution is 2.18. The van der Waals surface area contributed by atoms with Gasteiger partial charge in [-0.05, 0) is 17.7 Å². The fourth-order valence-electron chi connectivity index (χ4n) is 1.46. The van der Waals surface area contributed by atoms with E-state index < -0.39 is 12.7 Å². The number of rotatable bonds is 5. The summed E-state index contributed by atoms with van der Waals surface area (Å²) in [5.41, 5.74) is 6.07. The third-order valence-corrected chi connectivity index (χ3v) is 2.07. The Morgan fingerprint density at radius 1 is 1.41 bits per heavy atom. The van der Waals surface area contributed by atoms with Crippen LogP contribution in [0.4, 0.5) is 19.0 Å². The largest absolute Gasteiger partial charge is 0.401 e. The predicted octanol–water partition coefficient (Wildman–Crippen LogP) is 1.02. The molecule has 1 aromatic heterocycles. The summed E-state index contributed by atoms with van der Waals surface area (Å²) < 4.78 is 36.8. The lowest BCUT2D eigenvalue weighted by atomic mass is 10.2. The first-order valence-corrected chi connectivity index (χ1v) is 5.01. The van der Waals surface area contributed by atoms with Crippen LogP contribution in [0.5, 0.6) is 0 Å². The first-order valence-electron chi connectivity index (χ1n) is 5.01. The predicted molar refractivity (Wildman–Crippen MR) is 57.1 cm³/mol. The number of hydrogen-bond acceptors (Lipinski definition) is 4. The van der Waals surface area contributed by atoms with Gasteiger partial charge in [0, 0.05) is 19.3 Å². The lowest BCUT2D eigenvalue weighted by Crippen LogP contribution is -2.35. The summed E-state index contributed by atoms with van der Waals surface area (Å²) in [7, 11) is 0. The van der Waals surface area contributed by atoms with E-state index in [1.165, 1.54) is 12.3 Å². The van der Waals surface area contributed by atoms with Crippen molar-refractivity contribution in [2.24, 2.45) is 0 Å². The Hall–Kier alpha value is -1.34. The second-order valence-electron chi connectivity index (χ2n) is 3.64. The molecule has 1 aromatic rings. The summed E-state index contributed by atoms with van der Waals surface area (Å²) >= 11 is 0. The smallest absolute Gasteiger partial charge is 0.395 e. The zero-order valence-electron chi connectivity index (χ0n) is 9.11. The van der Waals surface area contributed by atoms with Crippen molar-refractivity contribution in [3.05, 3.63) is 23.9 Å². The molecule has 3 N–H and O–H groups in total. The van der Waals surface area contributed by atoms with Gasteiger partial charge in [-0.3, -0.25) is 4.90 Å². The van der Waals surface area contributed by atoms with Crippen LogP contribution in [-0.4, -0.2) is 40.9 Å². The number of aliphatic hydroxyl groups excluding tert-OH is 1. The minimum absolute atomic E-state index is 0.0399. The third kappa shape index (κ3) is 5.50. The van der Waals surface area contributed by atoms with Gasteiger partial charge in [0.1, 0.15) is 5.82 Å². The fraction of sp³-hybridized carbons (Fsp3) is 0.500. The van der Waals surface area contributed by atoms with Crippen LogP contribution < -0.4 is 5.73 Å². The highest BCUT2D eigenvalue weighted by Gasteiger charge is 2.30. The summed E-state index contributed by atoms with van der Waals surface area (Å²) in [5.74, 6) is 0.262. The van der Waals surface area contributed by atoms with Gasteiger partial charge in [0.15, 0.2) is 0 Å². The molecule has 0 aliphatic carbocycles. The molecule has 1 rings (SSSR count). The van der Waals surface area contributed by atoms with E-state index in [2.05, 4.69) is 4.98 Å². The SMILES string of the molecule is Nc1cc(CN(CCO)CC(F)(F)F)ccn1. The third-order valence-electron chi connectivity index (χ3n) is 2.07. The number of hydrogen-bond donors (Lipinski definition) is 2. The Morgan fingerprint density at radius 3 is 2.65 bits per heavy atom. The Kier molecular flexibility index (Phi) is 4.71. The van der Waals surface area contributed by atoms with Gasteiger partial charge in [-0.25, -0.2) is 4.98 Å². The van der Waals surface area contributed by atoms with Gasteiger partial charge in [-0.15, -0.1) is 0 Å². The molecule has 0 saturated carbocycles. The summed E-state index contributed by atoms with van der Waals surface area (Å²) in [4.78, 5) is 4.86. The maximum atomic E-state index is 12.3. The van der Waals surface area contributed by atoms with Gasteiger partial charge in [0.2, 0.25) is 0 Å². The maximum Gasteiger partial charge on any atom is 0.401 e. The van der Waals surface area contributed by atoms with Crippen LogP contribution in [-0.2, 0) is 6.54 Å². The molecule has 17 heavy (non-hydrogen) atoms. The van der Waals surface area contributed by atoms with Crippen LogP contribution in [0.15, 0.2) is 18.3 Å². The van der Waals surface area contributed by atoms with Crippen LogP contribution in [0.3, 0.4) is 0 Å². The van der Waals surface area contributed by atoms with Gasteiger partial charge in [-0.1, -0.05) is 0 Å².